The Morgan fingerprint density at radius 2 is 1.51 bits per heavy atom. The van der Waals surface area contributed by atoms with Crippen molar-refractivity contribution >= 4 is 5.97 Å². The first-order valence-corrected chi connectivity index (χ1v) is 14.6. The van der Waals surface area contributed by atoms with Gasteiger partial charge in [0.1, 0.15) is 5.60 Å². The minimum absolute atomic E-state index is 0.0758. The van der Waals surface area contributed by atoms with Crippen LogP contribution in [0.5, 0.6) is 0 Å². The third-order valence-corrected chi connectivity index (χ3v) is 11.0. The van der Waals surface area contributed by atoms with Crippen LogP contribution in [0.4, 0.5) is 0 Å². The van der Waals surface area contributed by atoms with Gasteiger partial charge in [0.2, 0.25) is 0 Å². The highest BCUT2D eigenvalue weighted by Gasteiger charge is 2.58. The molecule has 0 saturated heterocycles. The highest BCUT2D eigenvalue weighted by atomic mass is 16.6. The molecule has 2 heteroatoms. The summed E-state index contributed by atoms with van der Waals surface area (Å²) in [6, 6.07) is 0. The standard InChI is InChI=1S/C33H52O2/c1-9-30(3,4)22-28(31(5,6)10-2)26-12-11-13-27(15-14-26)29(34)35-32(7,8)33-19-23-16-24(20-33)18-25(17-23)21-33/h11-15,23-25,27-28H,9-10,16-22H2,1-8H3. The van der Waals surface area contributed by atoms with Crippen molar-refractivity contribution in [3.05, 3.63) is 36.0 Å². The first-order valence-electron chi connectivity index (χ1n) is 14.6. The van der Waals surface area contributed by atoms with Gasteiger partial charge in [0.25, 0.3) is 0 Å². The van der Waals surface area contributed by atoms with Gasteiger partial charge >= 0.3 is 5.97 Å². The SMILES string of the molecule is CCC(C)(C)CC(C1=CC=CC(C(=O)OC(C)(C)C23CC4CC(CC(C4)C2)C3)C=C1)C(C)(C)CC. The number of carbonyl (C=O) groups is 1. The lowest BCUT2D eigenvalue weighted by Crippen LogP contribution is -2.57. The summed E-state index contributed by atoms with van der Waals surface area (Å²) in [6.45, 7) is 18.6. The molecule has 0 N–H and O–H groups in total. The van der Waals surface area contributed by atoms with Gasteiger partial charge in [-0.15, -0.1) is 0 Å². The maximum Gasteiger partial charge on any atom is 0.317 e. The van der Waals surface area contributed by atoms with E-state index in [1.54, 1.807) is 0 Å². The quantitative estimate of drug-likeness (QED) is 0.308. The molecule has 4 fully saturated rings. The predicted octanol–water partition coefficient (Wildman–Crippen LogP) is 9.07. The molecule has 2 unspecified atom stereocenters. The van der Waals surface area contributed by atoms with Crippen molar-refractivity contribution in [3.63, 3.8) is 0 Å². The molecule has 5 aliphatic carbocycles. The molecule has 2 nitrogen and oxygen atoms in total. The first kappa shape index (κ1) is 26.7. The van der Waals surface area contributed by atoms with E-state index in [-0.39, 0.29) is 22.7 Å². The highest BCUT2D eigenvalue weighted by molar-refractivity contribution is 5.77. The van der Waals surface area contributed by atoms with Gasteiger partial charge < -0.3 is 4.74 Å². The third kappa shape index (κ3) is 5.37. The van der Waals surface area contributed by atoms with Gasteiger partial charge in [0.05, 0.1) is 5.92 Å². The van der Waals surface area contributed by atoms with Crippen LogP contribution < -0.4 is 0 Å². The Kier molecular flexibility index (Phi) is 7.28. The zero-order chi connectivity index (χ0) is 25.6. The van der Waals surface area contributed by atoms with Crippen LogP contribution in [0.1, 0.15) is 113 Å². The molecule has 4 bridgehead atoms. The van der Waals surface area contributed by atoms with Crippen LogP contribution in [0, 0.1) is 45.8 Å². The number of hydrogen-bond donors (Lipinski definition) is 0. The Balaban J connectivity index is 1.48. The normalized spacial score (nSPS) is 33.4. The van der Waals surface area contributed by atoms with Crippen molar-refractivity contribution in [2.75, 3.05) is 0 Å². The number of carbonyl (C=O) groups excluding carboxylic acids is 1. The lowest BCUT2D eigenvalue weighted by molar-refractivity contribution is -0.200. The van der Waals surface area contributed by atoms with Gasteiger partial charge in [-0.2, -0.15) is 0 Å². The summed E-state index contributed by atoms with van der Waals surface area (Å²) in [4.78, 5) is 13.5. The fourth-order valence-electron chi connectivity index (χ4n) is 8.07. The predicted molar refractivity (Wildman–Crippen MR) is 147 cm³/mol. The second-order valence-corrected chi connectivity index (χ2v) is 14.7. The summed E-state index contributed by atoms with van der Waals surface area (Å²) in [6.07, 6.45) is 22.2. The van der Waals surface area contributed by atoms with Gasteiger partial charge in [-0.25, -0.2) is 0 Å². The molecule has 196 valence electrons. The summed E-state index contributed by atoms with van der Waals surface area (Å²) >= 11 is 0. The molecule has 0 heterocycles. The third-order valence-electron chi connectivity index (χ3n) is 11.0. The number of ether oxygens (including phenoxy) is 1. The van der Waals surface area contributed by atoms with Crippen LogP contribution in [0.3, 0.4) is 0 Å². The van der Waals surface area contributed by atoms with Crippen LogP contribution in [-0.4, -0.2) is 11.6 Å². The Labute approximate surface area is 216 Å². The molecule has 0 aliphatic heterocycles. The van der Waals surface area contributed by atoms with E-state index in [0.717, 1.165) is 30.6 Å². The van der Waals surface area contributed by atoms with Crippen LogP contribution in [-0.2, 0) is 9.53 Å². The molecule has 5 rings (SSSR count). The highest BCUT2D eigenvalue weighted by Crippen LogP contribution is 2.64. The molecule has 0 radical (unpaired) electrons. The lowest BCUT2D eigenvalue weighted by Gasteiger charge is -2.61. The summed E-state index contributed by atoms with van der Waals surface area (Å²) < 4.78 is 6.44. The molecule has 5 aliphatic rings. The molecule has 35 heavy (non-hydrogen) atoms. The largest absolute Gasteiger partial charge is 0.458 e. The molecule has 0 aromatic rings. The summed E-state index contributed by atoms with van der Waals surface area (Å²) in [7, 11) is 0. The van der Waals surface area contributed by atoms with Crippen LogP contribution in [0.2, 0.25) is 0 Å². The zero-order valence-corrected chi connectivity index (χ0v) is 24.0. The minimum atomic E-state index is -0.401. The smallest absolute Gasteiger partial charge is 0.317 e. The molecule has 0 spiro atoms. The Morgan fingerprint density at radius 1 is 0.943 bits per heavy atom. The topological polar surface area (TPSA) is 26.3 Å². The van der Waals surface area contributed by atoms with Gasteiger partial charge in [-0.3, -0.25) is 4.79 Å². The number of allylic oxidation sites excluding steroid dienone is 4. The second-order valence-electron chi connectivity index (χ2n) is 14.7. The van der Waals surface area contributed by atoms with Gasteiger partial charge in [-0.05, 0) is 98.9 Å². The Hall–Kier alpha value is -1.31. The average molecular weight is 481 g/mol. The van der Waals surface area contributed by atoms with Gasteiger partial charge in [-0.1, -0.05) is 84.8 Å². The Bertz CT molecular complexity index is 845. The second kappa shape index (κ2) is 9.53. The average Bonchev–Trinajstić information content (AvgIpc) is 3.02. The Morgan fingerprint density at radius 3 is 2.03 bits per heavy atom. The number of rotatable bonds is 9. The van der Waals surface area contributed by atoms with Crippen molar-refractivity contribution in [2.45, 2.75) is 119 Å². The molecule has 0 aromatic heterocycles. The van der Waals surface area contributed by atoms with Gasteiger partial charge in [0.15, 0.2) is 0 Å². The van der Waals surface area contributed by atoms with E-state index in [9.17, 15) is 4.79 Å². The molecule has 0 amide bonds. The molecular weight excluding hydrogens is 428 g/mol. The number of esters is 1. The van der Waals surface area contributed by atoms with E-state index in [0.29, 0.717) is 11.3 Å². The van der Waals surface area contributed by atoms with E-state index in [1.807, 2.05) is 6.08 Å². The van der Waals surface area contributed by atoms with Crippen LogP contribution in [0.15, 0.2) is 36.0 Å². The van der Waals surface area contributed by atoms with E-state index in [1.165, 1.54) is 50.5 Å². The van der Waals surface area contributed by atoms with E-state index < -0.39 is 5.60 Å². The van der Waals surface area contributed by atoms with Crippen molar-refractivity contribution < 1.29 is 9.53 Å². The van der Waals surface area contributed by atoms with Crippen molar-refractivity contribution in [1.29, 1.82) is 0 Å². The fourth-order valence-corrected chi connectivity index (χ4v) is 8.07. The van der Waals surface area contributed by atoms with Gasteiger partial charge in [0, 0.05) is 5.41 Å². The summed E-state index contributed by atoms with van der Waals surface area (Å²) in [5.74, 6) is 2.65. The monoisotopic (exact) mass is 480 g/mol. The molecule has 4 saturated carbocycles. The molecule has 2 atom stereocenters. The maximum absolute atomic E-state index is 13.5. The van der Waals surface area contributed by atoms with E-state index in [2.05, 4.69) is 79.7 Å². The van der Waals surface area contributed by atoms with Crippen molar-refractivity contribution in [1.82, 2.24) is 0 Å². The zero-order valence-electron chi connectivity index (χ0n) is 24.0. The first-order chi connectivity index (χ1) is 16.3. The molecule has 0 aromatic carbocycles. The van der Waals surface area contributed by atoms with Crippen molar-refractivity contribution in [2.24, 2.45) is 45.8 Å². The summed E-state index contributed by atoms with van der Waals surface area (Å²) in [5, 5.41) is 0. The molecular formula is C33H52O2. The van der Waals surface area contributed by atoms with Crippen LogP contribution in [0.25, 0.3) is 0 Å². The van der Waals surface area contributed by atoms with Crippen molar-refractivity contribution in [3.8, 4) is 0 Å². The van der Waals surface area contributed by atoms with Crippen LogP contribution >= 0.6 is 0 Å². The number of hydrogen-bond acceptors (Lipinski definition) is 2. The lowest BCUT2D eigenvalue weighted by atomic mass is 9.46. The maximum atomic E-state index is 13.5. The van der Waals surface area contributed by atoms with E-state index >= 15 is 0 Å². The van der Waals surface area contributed by atoms with E-state index in [4.69, 9.17) is 4.74 Å². The fraction of sp³-hybridized carbons (Fsp3) is 0.788. The summed E-state index contributed by atoms with van der Waals surface area (Å²) in [5.41, 5.74) is 1.63. The minimum Gasteiger partial charge on any atom is -0.458 e.